The number of aliphatic imine (C=N–C) groups is 1. The zero-order valence-corrected chi connectivity index (χ0v) is 17.4. The third-order valence-electron chi connectivity index (χ3n) is 3.37. The Morgan fingerprint density at radius 1 is 1.17 bits per heavy atom. The zero-order chi connectivity index (χ0) is 16.8. The molecule has 1 aromatic rings. The number of guanidine groups is 1. The van der Waals surface area contributed by atoms with Crippen molar-refractivity contribution in [3.63, 3.8) is 0 Å². The van der Waals surface area contributed by atoms with E-state index in [1.54, 1.807) is 7.11 Å². The zero-order valence-electron chi connectivity index (χ0n) is 15.1. The lowest BCUT2D eigenvalue weighted by Crippen LogP contribution is -2.42. The smallest absolute Gasteiger partial charge is 0.191 e. The largest absolute Gasteiger partial charge is 0.382 e. The molecule has 24 heavy (non-hydrogen) atoms. The second-order valence-electron chi connectivity index (χ2n) is 5.44. The number of aryl methyl sites for hydroxylation is 1. The molecule has 1 aromatic carbocycles. The minimum Gasteiger partial charge on any atom is -0.382 e. The summed E-state index contributed by atoms with van der Waals surface area (Å²) in [6.07, 6.45) is 2.13. The molecule has 0 aromatic heterocycles. The predicted molar refractivity (Wildman–Crippen MR) is 111 cm³/mol. The molecule has 1 rings (SSSR count). The summed E-state index contributed by atoms with van der Waals surface area (Å²) in [6.45, 7) is 7.60. The van der Waals surface area contributed by atoms with Gasteiger partial charge in [0.15, 0.2) is 5.96 Å². The van der Waals surface area contributed by atoms with E-state index in [1.165, 1.54) is 5.56 Å². The van der Waals surface area contributed by atoms with Crippen LogP contribution < -0.4 is 10.6 Å². The van der Waals surface area contributed by atoms with Gasteiger partial charge >= 0.3 is 0 Å². The fourth-order valence-corrected chi connectivity index (χ4v) is 2.12. The van der Waals surface area contributed by atoms with E-state index in [1.807, 2.05) is 0 Å². The van der Waals surface area contributed by atoms with Crippen LogP contribution in [-0.2, 0) is 15.9 Å². The molecule has 5 nitrogen and oxygen atoms in total. The van der Waals surface area contributed by atoms with Gasteiger partial charge in [0.25, 0.3) is 0 Å². The molecule has 0 amide bonds. The predicted octanol–water partition coefficient (Wildman–Crippen LogP) is 2.84. The van der Waals surface area contributed by atoms with E-state index in [0.717, 1.165) is 25.3 Å². The van der Waals surface area contributed by atoms with Gasteiger partial charge in [-0.15, -0.1) is 24.0 Å². The summed E-state index contributed by atoms with van der Waals surface area (Å²) < 4.78 is 10.4. The normalized spacial score (nSPS) is 12.4. The van der Waals surface area contributed by atoms with Gasteiger partial charge in [0.05, 0.1) is 26.4 Å². The molecule has 0 aliphatic carbocycles. The molecule has 6 heteroatoms. The molecule has 0 saturated carbocycles. The van der Waals surface area contributed by atoms with Gasteiger partial charge in [-0.25, -0.2) is 0 Å². The first kappa shape index (κ1) is 23.1. The Bertz CT molecular complexity index is 430. The number of hydrogen-bond acceptors (Lipinski definition) is 3. The maximum absolute atomic E-state index is 5.43. The molecule has 2 N–H and O–H groups in total. The number of nitrogens with zero attached hydrogens (tertiary/aromatic N) is 1. The summed E-state index contributed by atoms with van der Waals surface area (Å²) in [6, 6.07) is 10.9. The third-order valence-corrected chi connectivity index (χ3v) is 3.37. The highest BCUT2D eigenvalue weighted by molar-refractivity contribution is 14.0. The minimum atomic E-state index is 0. The van der Waals surface area contributed by atoms with E-state index in [2.05, 4.69) is 59.8 Å². The summed E-state index contributed by atoms with van der Waals surface area (Å²) in [4.78, 5) is 4.53. The van der Waals surface area contributed by atoms with Crippen molar-refractivity contribution in [3.8, 4) is 0 Å². The molecular formula is C18H32IN3O2. The summed E-state index contributed by atoms with van der Waals surface area (Å²) in [7, 11) is 1.67. The Kier molecular flexibility index (Phi) is 15.1. The van der Waals surface area contributed by atoms with Crippen LogP contribution in [0.3, 0.4) is 0 Å². The third kappa shape index (κ3) is 11.6. The highest BCUT2D eigenvalue weighted by atomic mass is 127. The Balaban J connectivity index is 0.00000529. The SMILES string of the molecule is CCNC(=NCCOCCOC)NC(C)CCc1ccccc1.I. The second kappa shape index (κ2) is 15.7. The van der Waals surface area contributed by atoms with Crippen LogP contribution in [0.25, 0.3) is 0 Å². The van der Waals surface area contributed by atoms with E-state index in [9.17, 15) is 0 Å². The van der Waals surface area contributed by atoms with Gasteiger partial charge in [0.1, 0.15) is 0 Å². The van der Waals surface area contributed by atoms with Gasteiger partial charge in [0.2, 0.25) is 0 Å². The first-order valence-electron chi connectivity index (χ1n) is 8.41. The fourth-order valence-electron chi connectivity index (χ4n) is 2.12. The Morgan fingerprint density at radius 2 is 1.92 bits per heavy atom. The Hall–Kier alpha value is -0.860. The van der Waals surface area contributed by atoms with E-state index in [4.69, 9.17) is 9.47 Å². The molecule has 1 unspecified atom stereocenters. The standard InChI is InChI=1S/C18H31N3O2.HI/c1-4-19-18(20-12-13-23-15-14-22-3)21-16(2)10-11-17-8-6-5-7-9-17;/h5-9,16H,4,10-15H2,1-3H3,(H2,19,20,21);1H. The summed E-state index contributed by atoms with van der Waals surface area (Å²) in [5, 5.41) is 6.72. The molecule has 0 heterocycles. The lowest BCUT2D eigenvalue weighted by atomic mass is 10.1. The molecule has 0 spiro atoms. The van der Waals surface area contributed by atoms with Crippen molar-refractivity contribution in [2.24, 2.45) is 4.99 Å². The van der Waals surface area contributed by atoms with Crippen molar-refractivity contribution >= 4 is 29.9 Å². The first-order valence-corrected chi connectivity index (χ1v) is 8.41. The number of ether oxygens (including phenoxy) is 2. The average Bonchev–Trinajstić information content (AvgIpc) is 2.57. The van der Waals surface area contributed by atoms with Crippen molar-refractivity contribution in [2.45, 2.75) is 32.7 Å². The van der Waals surface area contributed by atoms with Gasteiger partial charge in [-0.3, -0.25) is 4.99 Å². The Morgan fingerprint density at radius 3 is 2.58 bits per heavy atom. The summed E-state index contributed by atoms with van der Waals surface area (Å²) in [5.41, 5.74) is 1.37. The van der Waals surface area contributed by atoms with Crippen molar-refractivity contribution in [1.29, 1.82) is 0 Å². The second-order valence-corrected chi connectivity index (χ2v) is 5.44. The molecule has 0 aliphatic rings. The number of halogens is 1. The number of benzene rings is 1. The van der Waals surface area contributed by atoms with Crippen LogP contribution in [0.15, 0.2) is 35.3 Å². The first-order chi connectivity index (χ1) is 11.3. The topological polar surface area (TPSA) is 54.9 Å². The molecule has 138 valence electrons. The van der Waals surface area contributed by atoms with Gasteiger partial charge < -0.3 is 20.1 Å². The van der Waals surface area contributed by atoms with Crippen LogP contribution in [0.4, 0.5) is 0 Å². The van der Waals surface area contributed by atoms with Gasteiger partial charge in [-0.2, -0.15) is 0 Å². The van der Waals surface area contributed by atoms with Crippen LogP contribution in [0.1, 0.15) is 25.8 Å². The minimum absolute atomic E-state index is 0. The highest BCUT2D eigenvalue weighted by Gasteiger charge is 2.05. The van der Waals surface area contributed by atoms with E-state index < -0.39 is 0 Å². The monoisotopic (exact) mass is 449 g/mol. The van der Waals surface area contributed by atoms with Crippen molar-refractivity contribution < 1.29 is 9.47 Å². The highest BCUT2D eigenvalue weighted by Crippen LogP contribution is 2.04. The van der Waals surface area contributed by atoms with Crippen LogP contribution >= 0.6 is 24.0 Å². The van der Waals surface area contributed by atoms with E-state index in [-0.39, 0.29) is 24.0 Å². The number of methoxy groups -OCH3 is 1. The van der Waals surface area contributed by atoms with Gasteiger partial charge in [-0.1, -0.05) is 30.3 Å². The lowest BCUT2D eigenvalue weighted by molar-refractivity contribution is 0.0748. The molecule has 0 aliphatic heterocycles. The molecular weight excluding hydrogens is 417 g/mol. The number of rotatable bonds is 11. The maximum Gasteiger partial charge on any atom is 0.191 e. The van der Waals surface area contributed by atoms with Crippen LogP contribution in [0.5, 0.6) is 0 Å². The van der Waals surface area contributed by atoms with Crippen molar-refractivity contribution in [3.05, 3.63) is 35.9 Å². The molecule has 0 radical (unpaired) electrons. The molecule has 0 saturated heterocycles. The van der Waals surface area contributed by atoms with E-state index in [0.29, 0.717) is 32.4 Å². The van der Waals surface area contributed by atoms with Gasteiger partial charge in [0, 0.05) is 19.7 Å². The van der Waals surface area contributed by atoms with Gasteiger partial charge in [-0.05, 0) is 32.3 Å². The van der Waals surface area contributed by atoms with Crippen LogP contribution in [0.2, 0.25) is 0 Å². The van der Waals surface area contributed by atoms with Crippen molar-refractivity contribution in [2.75, 3.05) is 40.0 Å². The Labute approximate surface area is 163 Å². The average molecular weight is 449 g/mol. The maximum atomic E-state index is 5.43. The molecule has 1 atom stereocenters. The lowest BCUT2D eigenvalue weighted by Gasteiger charge is -2.18. The molecule has 0 fully saturated rings. The van der Waals surface area contributed by atoms with E-state index >= 15 is 0 Å². The quantitative estimate of drug-likeness (QED) is 0.236. The number of nitrogens with one attached hydrogen (secondary N) is 2. The fraction of sp³-hybridized carbons (Fsp3) is 0.611. The van der Waals surface area contributed by atoms with Crippen molar-refractivity contribution in [1.82, 2.24) is 10.6 Å². The molecule has 0 bridgehead atoms. The summed E-state index contributed by atoms with van der Waals surface area (Å²) >= 11 is 0. The summed E-state index contributed by atoms with van der Waals surface area (Å²) in [5.74, 6) is 0.850. The number of hydrogen-bond donors (Lipinski definition) is 2. The van der Waals surface area contributed by atoms with Crippen LogP contribution in [0, 0.1) is 0 Å². The van der Waals surface area contributed by atoms with Crippen LogP contribution in [-0.4, -0.2) is 52.0 Å².